The van der Waals surface area contributed by atoms with E-state index in [1.807, 2.05) is 31.2 Å². The summed E-state index contributed by atoms with van der Waals surface area (Å²) in [5, 5.41) is 41.2. The summed E-state index contributed by atoms with van der Waals surface area (Å²) < 4.78 is 12.8. The van der Waals surface area contributed by atoms with E-state index in [1.165, 1.54) is 6.33 Å². The third-order valence-corrected chi connectivity index (χ3v) is 6.70. The van der Waals surface area contributed by atoms with E-state index in [2.05, 4.69) is 20.5 Å². The van der Waals surface area contributed by atoms with Crippen LogP contribution in [0.2, 0.25) is 0 Å². The van der Waals surface area contributed by atoms with Gasteiger partial charge < -0.3 is 30.1 Å². The molecule has 3 aromatic heterocycles. The van der Waals surface area contributed by atoms with Crippen molar-refractivity contribution in [2.45, 2.75) is 43.9 Å². The number of imidazole rings is 1. The molecule has 5 N–H and O–H groups in total. The molecule has 1 aromatic carbocycles. The first kappa shape index (κ1) is 23.0. The number of nitrogens with one attached hydrogen (secondary N) is 2. The average Bonchev–Trinajstić information content (AvgIpc) is 3.68. The van der Waals surface area contributed by atoms with Gasteiger partial charge in [-0.1, -0.05) is 29.8 Å². The topological polar surface area (TPSA) is 163 Å². The Morgan fingerprint density at radius 2 is 2.00 bits per heavy atom. The Hall–Kier alpha value is -3.42. The number of aliphatic hydroxyl groups is 3. The lowest BCUT2D eigenvalue weighted by Crippen LogP contribution is -2.33. The van der Waals surface area contributed by atoms with Crippen molar-refractivity contribution in [3.8, 4) is 22.6 Å². The van der Waals surface area contributed by atoms with Crippen LogP contribution in [-0.4, -0.2) is 89.2 Å². The zero-order chi connectivity index (χ0) is 24.8. The fourth-order valence-corrected chi connectivity index (χ4v) is 4.67. The maximum Gasteiger partial charge on any atom is 0.184 e. The van der Waals surface area contributed by atoms with Gasteiger partial charge in [0.2, 0.25) is 0 Å². The largest absolute Gasteiger partial charge is 0.394 e. The van der Waals surface area contributed by atoms with Crippen molar-refractivity contribution in [1.82, 2.24) is 29.7 Å². The molecule has 0 aliphatic carbocycles. The number of hydrogen-bond donors (Lipinski definition) is 5. The van der Waals surface area contributed by atoms with Crippen molar-refractivity contribution in [2.24, 2.45) is 0 Å². The predicted octanol–water partition coefficient (Wildman–Crippen LogP) is 1.00. The summed E-state index contributed by atoms with van der Waals surface area (Å²) in [5.41, 5.74) is 4.38. The Balaban J connectivity index is 1.48. The highest BCUT2D eigenvalue weighted by Gasteiger charge is 2.44. The van der Waals surface area contributed by atoms with Gasteiger partial charge in [0.1, 0.15) is 24.0 Å². The molecule has 0 amide bonds. The van der Waals surface area contributed by atoms with Gasteiger partial charge in [-0.2, -0.15) is 5.10 Å². The van der Waals surface area contributed by atoms with Gasteiger partial charge in [0.25, 0.3) is 0 Å². The summed E-state index contributed by atoms with van der Waals surface area (Å²) in [4.78, 5) is 14.1. The summed E-state index contributed by atoms with van der Waals surface area (Å²) in [7, 11) is 0. The number of H-pyrrole nitrogens is 1. The molecule has 5 unspecified atom stereocenters. The van der Waals surface area contributed by atoms with Crippen LogP contribution in [0.5, 0.6) is 0 Å². The quantitative estimate of drug-likeness (QED) is 0.262. The molecule has 2 saturated heterocycles. The molecule has 36 heavy (non-hydrogen) atoms. The number of nitrogens with zero attached hydrogens (tertiary/aromatic N) is 5. The van der Waals surface area contributed by atoms with Crippen LogP contribution in [0.4, 0.5) is 5.82 Å². The van der Waals surface area contributed by atoms with E-state index >= 15 is 0 Å². The van der Waals surface area contributed by atoms with E-state index in [4.69, 9.17) is 19.4 Å². The molecule has 5 heterocycles. The highest BCUT2D eigenvalue weighted by atomic mass is 16.6. The van der Waals surface area contributed by atoms with Gasteiger partial charge in [0.15, 0.2) is 29.0 Å². The van der Waals surface area contributed by atoms with Crippen LogP contribution < -0.4 is 5.32 Å². The number of aromatic nitrogens is 6. The van der Waals surface area contributed by atoms with E-state index in [1.54, 1.807) is 10.8 Å². The number of rotatable bonds is 6. The average molecular weight is 494 g/mol. The number of aromatic amines is 1. The van der Waals surface area contributed by atoms with Crippen molar-refractivity contribution in [1.29, 1.82) is 0 Å². The van der Waals surface area contributed by atoms with E-state index in [0.717, 1.165) is 23.1 Å². The summed E-state index contributed by atoms with van der Waals surface area (Å²) in [6, 6.07) is 8.15. The maximum absolute atomic E-state index is 10.6. The molecule has 0 saturated carbocycles. The predicted molar refractivity (Wildman–Crippen MR) is 129 cm³/mol. The second kappa shape index (κ2) is 9.22. The fourth-order valence-electron chi connectivity index (χ4n) is 4.67. The maximum atomic E-state index is 10.6. The number of ether oxygens (including phenoxy) is 2. The Labute approximate surface area is 206 Å². The first-order valence-corrected chi connectivity index (χ1v) is 11.9. The van der Waals surface area contributed by atoms with Crippen LogP contribution in [0.15, 0.2) is 36.8 Å². The van der Waals surface area contributed by atoms with E-state index in [-0.39, 0.29) is 6.04 Å². The van der Waals surface area contributed by atoms with Gasteiger partial charge in [-0.05, 0) is 18.9 Å². The minimum absolute atomic E-state index is 0.0609. The first-order chi connectivity index (χ1) is 17.5. The Morgan fingerprint density at radius 1 is 1.17 bits per heavy atom. The van der Waals surface area contributed by atoms with E-state index < -0.39 is 31.1 Å². The number of aliphatic hydroxyl groups excluding tert-OH is 3. The second-order valence-corrected chi connectivity index (χ2v) is 9.17. The van der Waals surface area contributed by atoms with Crippen LogP contribution in [-0.2, 0) is 9.47 Å². The fraction of sp³-hybridized carbons (Fsp3) is 0.417. The molecular weight excluding hydrogens is 466 g/mol. The lowest BCUT2D eigenvalue weighted by Gasteiger charge is -2.17. The molecule has 6 rings (SSSR count). The third kappa shape index (κ3) is 3.92. The monoisotopic (exact) mass is 493 g/mol. The summed E-state index contributed by atoms with van der Waals surface area (Å²) in [5.74, 6) is 0.864. The zero-order valence-corrected chi connectivity index (χ0v) is 19.6. The number of aryl methyl sites for hydroxylation is 1. The van der Waals surface area contributed by atoms with Crippen LogP contribution in [0.3, 0.4) is 0 Å². The molecule has 2 aliphatic rings. The minimum Gasteiger partial charge on any atom is -0.394 e. The molecular formula is C24H27N7O5. The molecule has 12 nitrogen and oxygen atoms in total. The molecule has 0 spiro atoms. The van der Waals surface area contributed by atoms with Crippen LogP contribution >= 0.6 is 0 Å². The molecule has 0 bridgehead atoms. The molecule has 4 aromatic rings. The summed E-state index contributed by atoms with van der Waals surface area (Å²) >= 11 is 0. The van der Waals surface area contributed by atoms with Gasteiger partial charge >= 0.3 is 0 Å². The number of fused-ring (bicyclic) bond motifs is 1. The Bertz CT molecular complexity index is 1370. The van der Waals surface area contributed by atoms with E-state index in [9.17, 15) is 15.3 Å². The summed E-state index contributed by atoms with van der Waals surface area (Å²) in [6.45, 7) is 2.81. The lowest BCUT2D eigenvalue weighted by atomic mass is 10.0. The van der Waals surface area contributed by atoms with Crippen LogP contribution in [0.25, 0.3) is 33.8 Å². The molecule has 188 valence electrons. The van der Waals surface area contributed by atoms with Crippen molar-refractivity contribution < 1.29 is 24.8 Å². The number of benzene rings is 1. The van der Waals surface area contributed by atoms with Crippen LogP contribution in [0, 0.1) is 6.92 Å². The van der Waals surface area contributed by atoms with Crippen molar-refractivity contribution in [3.63, 3.8) is 0 Å². The normalized spacial score (nSPS) is 26.2. The molecule has 12 heteroatoms. The van der Waals surface area contributed by atoms with Gasteiger partial charge in [-0.25, -0.2) is 15.0 Å². The van der Waals surface area contributed by atoms with Crippen molar-refractivity contribution in [2.75, 3.05) is 25.1 Å². The highest BCUT2D eigenvalue weighted by Crippen LogP contribution is 2.35. The third-order valence-electron chi connectivity index (χ3n) is 6.70. The second-order valence-electron chi connectivity index (χ2n) is 9.17. The minimum atomic E-state index is -1.27. The molecule has 5 atom stereocenters. The standard InChI is InChI=1S/C24H27N7O5/c1-12-2-4-13(5-3-12)15-8-26-30-17(15)21-28-22(27-14-6-7-35-10-14)18-23(29-21)31(11-25-18)24-20(34)19(33)16(9-32)36-24/h2-5,8,11,14,16,19-20,24,32-34H,6-7,9-10H2,1H3,(H,26,30)(H,27,28,29). The molecule has 2 fully saturated rings. The molecule has 2 aliphatic heterocycles. The SMILES string of the molecule is Cc1ccc(-c2c[nH]nc2-c2nc(NC3CCOC3)c3ncn(C4OC(CO)C(O)C4O)c3n2)cc1. The Morgan fingerprint density at radius 3 is 2.72 bits per heavy atom. The number of hydrogen-bond acceptors (Lipinski definition) is 10. The lowest BCUT2D eigenvalue weighted by molar-refractivity contribution is -0.0511. The Kier molecular flexibility index (Phi) is 5.90. The van der Waals surface area contributed by atoms with E-state index in [0.29, 0.717) is 41.7 Å². The van der Waals surface area contributed by atoms with Gasteiger partial charge in [-0.15, -0.1) is 0 Å². The van der Waals surface area contributed by atoms with Gasteiger partial charge in [-0.3, -0.25) is 9.67 Å². The zero-order valence-electron chi connectivity index (χ0n) is 19.6. The number of anilines is 1. The summed E-state index contributed by atoms with van der Waals surface area (Å²) in [6.07, 6.45) is -0.301. The van der Waals surface area contributed by atoms with Crippen LogP contribution in [0.1, 0.15) is 18.2 Å². The van der Waals surface area contributed by atoms with Gasteiger partial charge in [0.05, 0.1) is 25.6 Å². The first-order valence-electron chi connectivity index (χ1n) is 11.9. The van der Waals surface area contributed by atoms with Crippen molar-refractivity contribution in [3.05, 3.63) is 42.4 Å². The smallest absolute Gasteiger partial charge is 0.184 e. The van der Waals surface area contributed by atoms with Gasteiger partial charge in [0, 0.05) is 18.4 Å². The highest BCUT2D eigenvalue weighted by molar-refractivity contribution is 5.87. The van der Waals surface area contributed by atoms with Crippen molar-refractivity contribution >= 4 is 17.0 Å². The molecule has 0 radical (unpaired) electrons.